The number of nitriles is 1. The molecule has 1 aromatic heterocycles. The molecule has 150 valence electrons. The first kappa shape index (κ1) is 19.6. The van der Waals surface area contributed by atoms with Crippen LogP contribution in [0.1, 0.15) is 16.7 Å². The fraction of sp³-hybridized carbons (Fsp3) is 0.136. The van der Waals surface area contributed by atoms with E-state index in [0.717, 1.165) is 16.8 Å². The molecular weight excluding hydrogens is 400 g/mol. The van der Waals surface area contributed by atoms with Crippen molar-refractivity contribution in [2.24, 2.45) is 0 Å². The molecule has 2 heterocycles. The van der Waals surface area contributed by atoms with Gasteiger partial charge in [-0.1, -0.05) is 18.2 Å². The highest BCUT2D eigenvalue weighted by Gasteiger charge is 2.26. The number of benzene rings is 2. The molecule has 1 aliphatic rings. The number of nitrogens with one attached hydrogen (secondary N) is 2. The molecule has 30 heavy (non-hydrogen) atoms. The van der Waals surface area contributed by atoms with Gasteiger partial charge in [0, 0.05) is 31.0 Å². The van der Waals surface area contributed by atoms with E-state index >= 15 is 0 Å². The number of anilines is 1. The molecule has 1 aliphatic heterocycles. The molecule has 0 bridgehead atoms. The maximum atomic E-state index is 12.8. The zero-order valence-electron chi connectivity index (χ0n) is 15.9. The number of aromatic nitrogens is 1. The number of hydrogen-bond acceptors (Lipinski definition) is 6. The zero-order valence-corrected chi connectivity index (χ0v) is 16.7. The SMILES string of the molecule is N#Cc1cccc(S(=O)(=O)c2ccc(CNC(=O)C3Cc4cnccc4N3)cc2)c1. The summed E-state index contributed by atoms with van der Waals surface area (Å²) < 4.78 is 25.5. The molecule has 7 nitrogen and oxygen atoms in total. The van der Waals surface area contributed by atoms with Gasteiger partial charge in [0.05, 0.1) is 21.4 Å². The Bertz CT molecular complexity index is 1220. The molecule has 2 aromatic carbocycles. The first-order valence-corrected chi connectivity index (χ1v) is 10.8. The normalized spacial score (nSPS) is 15.0. The van der Waals surface area contributed by atoms with Crippen molar-refractivity contribution in [3.05, 3.63) is 83.7 Å². The number of rotatable bonds is 5. The standard InChI is InChI=1S/C22H18N4O3S/c23-12-16-2-1-3-19(10-16)30(28,29)18-6-4-15(5-7-18)13-25-22(27)21-11-17-14-24-9-8-20(17)26-21/h1-10,14,21,26H,11,13H2,(H,25,27). The van der Waals surface area contributed by atoms with Crippen LogP contribution in [-0.4, -0.2) is 25.4 Å². The van der Waals surface area contributed by atoms with Crippen molar-refractivity contribution in [1.82, 2.24) is 10.3 Å². The van der Waals surface area contributed by atoms with Crippen molar-refractivity contribution in [3.8, 4) is 6.07 Å². The number of pyridine rings is 1. The lowest BCUT2D eigenvalue weighted by Gasteiger charge is -2.12. The number of carbonyl (C=O) groups excluding carboxylic acids is 1. The number of sulfone groups is 1. The van der Waals surface area contributed by atoms with E-state index in [1.165, 1.54) is 24.3 Å². The van der Waals surface area contributed by atoms with Crippen molar-refractivity contribution >= 4 is 21.4 Å². The van der Waals surface area contributed by atoms with Gasteiger partial charge in [0.15, 0.2) is 0 Å². The highest BCUT2D eigenvalue weighted by atomic mass is 32.2. The summed E-state index contributed by atoms with van der Waals surface area (Å²) in [7, 11) is -3.72. The van der Waals surface area contributed by atoms with Gasteiger partial charge in [0.1, 0.15) is 6.04 Å². The monoisotopic (exact) mass is 418 g/mol. The summed E-state index contributed by atoms with van der Waals surface area (Å²) in [5.41, 5.74) is 2.99. The second-order valence-electron chi connectivity index (χ2n) is 6.94. The molecule has 0 saturated heterocycles. The van der Waals surface area contributed by atoms with Crippen LogP contribution >= 0.6 is 0 Å². The average Bonchev–Trinajstić information content (AvgIpc) is 3.22. The van der Waals surface area contributed by atoms with Crippen LogP contribution in [0.25, 0.3) is 0 Å². The lowest BCUT2D eigenvalue weighted by atomic mass is 10.1. The first-order valence-electron chi connectivity index (χ1n) is 9.29. The summed E-state index contributed by atoms with van der Waals surface area (Å²) in [5, 5.41) is 15.0. The average molecular weight is 418 g/mol. The van der Waals surface area contributed by atoms with Crippen LogP contribution in [0, 0.1) is 11.3 Å². The van der Waals surface area contributed by atoms with Crippen molar-refractivity contribution in [2.45, 2.75) is 28.8 Å². The fourth-order valence-corrected chi connectivity index (χ4v) is 4.62. The van der Waals surface area contributed by atoms with Crippen molar-refractivity contribution in [1.29, 1.82) is 5.26 Å². The smallest absolute Gasteiger partial charge is 0.243 e. The van der Waals surface area contributed by atoms with Crippen LogP contribution in [0.5, 0.6) is 0 Å². The number of fused-ring (bicyclic) bond motifs is 1. The van der Waals surface area contributed by atoms with Crippen LogP contribution in [0.2, 0.25) is 0 Å². The largest absolute Gasteiger partial charge is 0.373 e. The van der Waals surface area contributed by atoms with Gasteiger partial charge in [-0.05, 0) is 47.5 Å². The van der Waals surface area contributed by atoms with E-state index in [4.69, 9.17) is 5.26 Å². The van der Waals surface area contributed by atoms with Crippen LogP contribution in [0.4, 0.5) is 5.69 Å². The minimum atomic E-state index is -3.72. The summed E-state index contributed by atoms with van der Waals surface area (Å²) >= 11 is 0. The minimum absolute atomic E-state index is 0.0731. The van der Waals surface area contributed by atoms with Crippen LogP contribution in [0.3, 0.4) is 0 Å². The maximum absolute atomic E-state index is 12.8. The Balaban J connectivity index is 1.40. The highest BCUT2D eigenvalue weighted by Crippen LogP contribution is 2.24. The Morgan fingerprint density at radius 3 is 2.70 bits per heavy atom. The molecule has 0 radical (unpaired) electrons. The third kappa shape index (κ3) is 3.88. The summed E-state index contributed by atoms with van der Waals surface area (Å²) in [4.78, 5) is 16.7. The van der Waals surface area contributed by atoms with Gasteiger partial charge < -0.3 is 10.6 Å². The van der Waals surface area contributed by atoms with E-state index in [0.29, 0.717) is 6.42 Å². The molecule has 0 fully saturated rings. The van der Waals surface area contributed by atoms with Gasteiger partial charge in [-0.25, -0.2) is 8.42 Å². The maximum Gasteiger partial charge on any atom is 0.243 e. The molecule has 0 aliphatic carbocycles. The molecule has 0 saturated carbocycles. The Labute approximate surface area is 174 Å². The van der Waals surface area contributed by atoms with Gasteiger partial charge in [-0.2, -0.15) is 5.26 Å². The quantitative estimate of drug-likeness (QED) is 0.658. The van der Waals surface area contributed by atoms with Crippen molar-refractivity contribution < 1.29 is 13.2 Å². The van der Waals surface area contributed by atoms with E-state index in [1.807, 2.05) is 12.1 Å². The predicted molar refractivity (Wildman–Crippen MR) is 110 cm³/mol. The third-order valence-electron chi connectivity index (χ3n) is 4.95. The molecule has 1 atom stereocenters. The van der Waals surface area contributed by atoms with E-state index in [2.05, 4.69) is 15.6 Å². The van der Waals surface area contributed by atoms with Crippen LogP contribution in [0.15, 0.2) is 76.8 Å². The van der Waals surface area contributed by atoms with Crippen LogP contribution in [-0.2, 0) is 27.6 Å². The zero-order chi connectivity index (χ0) is 21.1. The third-order valence-corrected chi connectivity index (χ3v) is 6.71. The summed E-state index contributed by atoms with van der Waals surface area (Å²) in [6, 6.07) is 15.7. The number of nitrogens with zero attached hydrogens (tertiary/aromatic N) is 2. The Kier molecular flexibility index (Phi) is 5.21. The minimum Gasteiger partial charge on any atom is -0.373 e. The second kappa shape index (κ2) is 7.97. The molecule has 1 unspecified atom stereocenters. The van der Waals surface area contributed by atoms with E-state index in [9.17, 15) is 13.2 Å². The predicted octanol–water partition coefficient (Wildman–Crippen LogP) is 2.44. The van der Waals surface area contributed by atoms with Gasteiger partial charge in [-0.3, -0.25) is 9.78 Å². The Morgan fingerprint density at radius 1 is 1.17 bits per heavy atom. The molecule has 8 heteroatoms. The van der Waals surface area contributed by atoms with Crippen molar-refractivity contribution in [2.75, 3.05) is 5.32 Å². The lowest BCUT2D eigenvalue weighted by Crippen LogP contribution is -2.38. The van der Waals surface area contributed by atoms with Crippen molar-refractivity contribution in [3.63, 3.8) is 0 Å². The summed E-state index contributed by atoms with van der Waals surface area (Å²) in [6.45, 7) is 0.288. The summed E-state index contributed by atoms with van der Waals surface area (Å²) in [5.74, 6) is -0.129. The molecule has 3 aromatic rings. The molecule has 2 N–H and O–H groups in total. The van der Waals surface area contributed by atoms with Crippen LogP contribution < -0.4 is 10.6 Å². The molecule has 1 amide bonds. The van der Waals surface area contributed by atoms with E-state index in [-0.39, 0.29) is 33.8 Å². The number of amides is 1. The lowest BCUT2D eigenvalue weighted by molar-refractivity contribution is -0.121. The second-order valence-corrected chi connectivity index (χ2v) is 8.89. The number of hydrogen-bond donors (Lipinski definition) is 2. The molecule has 0 spiro atoms. The first-order chi connectivity index (χ1) is 14.5. The van der Waals surface area contributed by atoms with E-state index < -0.39 is 9.84 Å². The Hall–Kier alpha value is -3.70. The Morgan fingerprint density at radius 2 is 1.97 bits per heavy atom. The fourth-order valence-electron chi connectivity index (χ4n) is 3.32. The van der Waals surface area contributed by atoms with E-state index in [1.54, 1.807) is 36.7 Å². The van der Waals surface area contributed by atoms with Gasteiger partial charge in [-0.15, -0.1) is 0 Å². The molecular formula is C22H18N4O3S. The van der Waals surface area contributed by atoms with Gasteiger partial charge >= 0.3 is 0 Å². The highest BCUT2D eigenvalue weighted by molar-refractivity contribution is 7.91. The van der Waals surface area contributed by atoms with Gasteiger partial charge in [0.2, 0.25) is 15.7 Å². The topological polar surface area (TPSA) is 112 Å². The molecule has 4 rings (SSSR count). The van der Waals surface area contributed by atoms with Gasteiger partial charge in [0.25, 0.3) is 0 Å². The number of carbonyl (C=O) groups is 1. The summed E-state index contributed by atoms with van der Waals surface area (Å²) in [6.07, 6.45) is 4.01.